The summed E-state index contributed by atoms with van der Waals surface area (Å²) in [6.45, 7) is 7.80. The van der Waals surface area contributed by atoms with Crippen LogP contribution in [0.3, 0.4) is 0 Å². The summed E-state index contributed by atoms with van der Waals surface area (Å²) >= 11 is 0. The largest absolute Gasteiger partial charge is 0.449 e. The molecule has 1 aliphatic heterocycles. The number of ether oxygens (including phenoxy) is 2. The average molecular weight is 207 g/mol. The average Bonchev–Trinajstić information content (AvgIpc) is 2.36. The molecule has 2 N–H and O–H groups in total. The lowest BCUT2D eigenvalue weighted by molar-refractivity contribution is -0.0431. The Balaban J connectivity index is 2.45. The maximum atomic E-state index is 5.88. The first-order valence-electron chi connectivity index (χ1n) is 5.17. The lowest BCUT2D eigenvalue weighted by Gasteiger charge is -2.16. The van der Waals surface area contributed by atoms with Gasteiger partial charge in [0.25, 0.3) is 0 Å². The molecule has 1 aromatic carbocycles. The van der Waals surface area contributed by atoms with E-state index in [1.807, 2.05) is 39.8 Å². The van der Waals surface area contributed by atoms with Crippen LogP contribution in [0.1, 0.15) is 37.9 Å². The number of nitrogens with two attached hydrogens (primary N) is 1. The van der Waals surface area contributed by atoms with Gasteiger partial charge in [0.15, 0.2) is 11.5 Å². The van der Waals surface area contributed by atoms with Gasteiger partial charge in [0, 0.05) is 19.9 Å². The van der Waals surface area contributed by atoms with Crippen molar-refractivity contribution in [3.8, 4) is 11.5 Å². The van der Waals surface area contributed by atoms with E-state index in [9.17, 15) is 0 Å². The van der Waals surface area contributed by atoms with Gasteiger partial charge >= 0.3 is 0 Å². The van der Waals surface area contributed by atoms with Gasteiger partial charge in [0.1, 0.15) is 0 Å². The topological polar surface area (TPSA) is 44.5 Å². The highest BCUT2D eigenvalue weighted by atomic mass is 16.7. The van der Waals surface area contributed by atoms with Gasteiger partial charge < -0.3 is 15.2 Å². The third kappa shape index (κ3) is 1.79. The molecule has 0 bridgehead atoms. The van der Waals surface area contributed by atoms with Crippen LogP contribution in [0.5, 0.6) is 11.5 Å². The van der Waals surface area contributed by atoms with Crippen LogP contribution in [-0.4, -0.2) is 5.79 Å². The predicted molar refractivity (Wildman–Crippen MR) is 59.1 cm³/mol. The minimum absolute atomic E-state index is 0.0163. The molecule has 1 atom stereocenters. The second kappa shape index (κ2) is 3.14. The summed E-state index contributed by atoms with van der Waals surface area (Å²) in [5.74, 6) is 1.03. The zero-order valence-corrected chi connectivity index (χ0v) is 9.63. The third-order valence-electron chi connectivity index (χ3n) is 2.53. The molecule has 0 fully saturated rings. The number of hydrogen-bond donors (Lipinski definition) is 1. The van der Waals surface area contributed by atoms with Crippen LogP contribution in [0.2, 0.25) is 0 Å². The molecule has 82 valence electrons. The van der Waals surface area contributed by atoms with Gasteiger partial charge in [-0.3, -0.25) is 0 Å². The molecule has 0 spiro atoms. The third-order valence-corrected chi connectivity index (χ3v) is 2.53. The molecule has 0 aliphatic carbocycles. The molecule has 1 unspecified atom stereocenters. The molecule has 15 heavy (non-hydrogen) atoms. The van der Waals surface area contributed by atoms with Crippen molar-refractivity contribution in [3.05, 3.63) is 23.3 Å². The summed E-state index contributed by atoms with van der Waals surface area (Å²) in [6, 6.07) is 3.98. The fraction of sp³-hybridized carbons (Fsp3) is 0.500. The van der Waals surface area contributed by atoms with E-state index in [2.05, 4.69) is 0 Å². The van der Waals surface area contributed by atoms with E-state index in [1.54, 1.807) is 0 Å². The Morgan fingerprint density at radius 2 is 1.73 bits per heavy atom. The maximum absolute atomic E-state index is 5.88. The highest BCUT2D eigenvalue weighted by Crippen LogP contribution is 2.41. The van der Waals surface area contributed by atoms with Crippen LogP contribution in [0.25, 0.3) is 0 Å². The second-order valence-electron chi connectivity index (χ2n) is 4.55. The summed E-state index contributed by atoms with van der Waals surface area (Å²) in [6.07, 6.45) is 0. The SMILES string of the molecule is Cc1cc2c(cc1C(C)N)OC(C)(C)O2. The van der Waals surface area contributed by atoms with Crippen molar-refractivity contribution in [3.63, 3.8) is 0 Å². The highest BCUT2D eigenvalue weighted by molar-refractivity contribution is 5.50. The van der Waals surface area contributed by atoms with Gasteiger partial charge in [0.2, 0.25) is 5.79 Å². The minimum atomic E-state index is -0.564. The van der Waals surface area contributed by atoms with E-state index in [-0.39, 0.29) is 6.04 Å². The Morgan fingerprint density at radius 1 is 1.20 bits per heavy atom. The Hall–Kier alpha value is -1.22. The molecule has 3 heteroatoms. The number of hydrogen-bond acceptors (Lipinski definition) is 3. The van der Waals surface area contributed by atoms with E-state index in [0.29, 0.717) is 0 Å². The van der Waals surface area contributed by atoms with Crippen molar-refractivity contribution < 1.29 is 9.47 Å². The van der Waals surface area contributed by atoms with Crippen molar-refractivity contribution in [1.29, 1.82) is 0 Å². The maximum Gasteiger partial charge on any atom is 0.246 e. The summed E-state index contributed by atoms with van der Waals surface area (Å²) in [7, 11) is 0. The highest BCUT2D eigenvalue weighted by Gasteiger charge is 2.32. The van der Waals surface area contributed by atoms with Crippen molar-refractivity contribution >= 4 is 0 Å². The van der Waals surface area contributed by atoms with E-state index < -0.39 is 5.79 Å². The normalized spacial score (nSPS) is 19.0. The second-order valence-corrected chi connectivity index (χ2v) is 4.55. The van der Waals surface area contributed by atoms with Crippen molar-refractivity contribution in [1.82, 2.24) is 0 Å². The van der Waals surface area contributed by atoms with Gasteiger partial charge in [-0.25, -0.2) is 0 Å². The van der Waals surface area contributed by atoms with E-state index >= 15 is 0 Å². The first kappa shape index (κ1) is 10.3. The van der Waals surface area contributed by atoms with Gasteiger partial charge in [-0.15, -0.1) is 0 Å². The zero-order valence-electron chi connectivity index (χ0n) is 9.63. The first-order chi connectivity index (χ1) is 6.89. The number of rotatable bonds is 1. The molecular formula is C12H17NO2. The van der Waals surface area contributed by atoms with E-state index in [1.165, 1.54) is 0 Å². The van der Waals surface area contributed by atoms with Gasteiger partial charge in [-0.1, -0.05) is 0 Å². The quantitative estimate of drug-likeness (QED) is 0.769. The Morgan fingerprint density at radius 3 is 2.27 bits per heavy atom. The van der Waals surface area contributed by atoms with Crippen LogP contribution < -0.4 is 15.2 Å². The van der Waals surface area contributed by atoms with Gasteiger partial charge in [0.05, 0.1) is 0 Å². The smallest absolute Gasteiger partial charge is 0.246 e. The fourth-order valence-electron chi connectivity index (χ4n) is 1.88. The summed E-state index contributed by atoms with van der Waals surface area (Å²) < 4.78 is 11.3. The summed E-state index contributed by atoms with van der Waals surface area (Å²) in [5, 5.41) is 0. The minimum Gasteiger partial charge on any atom is -0.449 e. The molecule has 1 heterocycles. The van der Waals surface area contributed by atoms with Crippen molar-refractivity contribution in [2.75, 3.05) is 0 Å². The van der Waals surface area contributed by atoms with Crippen LogP contribution in [0, 0.1) is 6.92 Å². The van der Waals surface area contributed by atoms with Crippen LogP contribution in [0.15, 0.2) is 12.1 Å². The Kier molecular flexibility index (Phi) is 2.15. The molecular weight excluding hydrogens is 190 g/mol. The molecule has 3 nitrogen and oxygen atoms in total. The molecule has 2 rings (SSSR count). The monoisotopic (exact) mass is 207 g/mol. The number of aryl methyl sites for hydroxylation is 1. The predicted octanol–water partition coefficient (Wildman–Crippen LogP) is 2.52. The van der Waals surface area contributed by atoms with E-state index in [4.69, 9.17) is 15.2 Å². The number of fused-ring (bicyclic) bond motifs is 1. The standard InChI is InChI=1S/C12H17NO2/c1-7-5-10-11(6-9(7)8(2)13)15-12(3,4)14-10/h5-6,8H,13H2,1-4H3. The summed E-state index contributed by atoms with van der Waals surface area (Å²) in [5.41, 5.74) is 8.13. The molecule has 0 aromatic heterocycles. The van der Waals surface area contributed by atoms with Crippen molar-refractivity contribution in [2.24, 2.45) is 5.73 Å². The fourth-order valence-corrected chi connectivity index (χ4v) is 1.88. The van der Waals surface area contributed by atoms with Gasteiger partial charge in [-0.2, -0.15) is 0 Å². The molecule has 0 saturated heterocycles. The lowest BCUT2D eigenvalue weighted by Crippen LogP contribution is -2.29. The molecule has 1 aliphatic rings. The van der Waals surface area contributed by atoms with Crippen molar-refractivity contribution in [2.45, 2.75) is 39.5 Å². The Bertz CT molecular complexity index is 397. The molecule has 0 saturated carbocycles. The van der Waals surface area contributed by atoms with Gasteiger partial charge in [-0.05, 0) is 37.1 Å². The van der Waals surface area contributed by atoms with Crippen LogP contribution in [0.4, 0.5) is 0 Å². The van der Waals surface area contributed by atoms with Crippen LogP contribution >= 0.6 is 0 Å². The Labute approximate surface area is 90.2 Å². The first-order valence-corrected chi connectivity index (χ1v) is 5.17. The lowest BCUT2D eigenvalue weighted by atomic mass is 10.0. The molecule has 0 radical (unpaired) electrons. The van der Waals surface area contributed by atoms with Crippen LogP contribution in [-0.2, 0) is 0 Å². The number of benzene rings is 1. The zero-order chi connectivity index (χ0) is 11.2. The summed E-state index contributed by atoms with van der Waals surface area (Å²) in [4.78, 5) is 0. The molecule has 0 amide bonds. The molecule has 1 aromatic rings. The van der Waals surface area contributed by atoms with E-state index in [0.717, 1.165) is 22.6 Å².